The van der Waals surface area contributed by atoms with Crippen LogP contribution in [-0.4, -0.2) is 76.1 Å². The molecule has 1 N–H and O–H groups in total. The molecule has 3 rings (SSSR count). The number of rotatable bonds is 9. The molecule has 1 fully saturated rings. The van der Waals surface area contributed by atoms with E-state index in [0.29, 0.717) is 25.2 Å². The molecule has 0 aromatic heterocycles. The minimum Gasteiger partial charge on any atom is -0.493 e. The Morgan fingerprint density at radius 2 is 1.73 bits per heavy atom. The molecule has 0 saturated carbocycles. The molecule has 0 unspecified atom stereocenters. The van der Waals surface area contributed by atoms with E-state index in [2.05, 4.69) is 4.90 Å². The highest BCUT2D eigenvalue weighted by Gasteiger charge is 2.41. The summed E-state index contributed by atoms with van der Waals surface area (Å²) in [6.45, 7) is 2.66. The van der Waals surface area contributed by atoms with E-state index in [4.69, 9.17) is 14.2 Å². The number of ether oxygens (including phenoxy) is 3. The van der Waals surface area contributed by atoms with Gasteiger partial charge < -0.3 is 24.2 Å². The number of carbonyl (C=O) groups is 1. The van der Waals surface area contributed by atoms with Crippen molar-refractivity contribution in [2.24, 2.45) is 0 Å². The summed E-state index contributed by atoms with van der Waals surface area (Å²) in [6.07, 6.45) is 0.876. The minimum atomic E-state index is -0.743. The maximum absolute atomic E-state index is 11.6. The Morgan fingerprint density at radius 1 is 1.07 bits per heavy atom. The zero-order valence-electron chi connectivity index (χ0n) is 18.1. The molecular formula is C23H30N2O5. The maximum atomic E-state index is 11.6. The third kappa shape index (κ3) is 5.04. The van der Waals surface area contributed by atoms with Crippen molar-refractivity contribution in [1.82, 2.24) is 4.90 Å². The van der Waals surface area contributed by atoms with Gasteiger partial charge in [0.1, 0.15) is 5.60 Å². The number of nitrogens with zero attached hydrogens (tertiary/aromatic N) is 2. The molecule has 0 radical (unpaired) electrons. The highest BCUT2D eigenvalue weighted by Crippen LogP contribution is 2.29. The SMILES string of the molecule is COC(=O)c1ccc(N(C)CC2(O)CN(CCc3ccc(OC)c(OC)c3)C2)cc1. The van der Waals surface area contributed by atoms with Crippen molar-refractivity contribution >= 4 is 11.7 Å². The van der Waals surface area contributed by atoms with Crippen LogP contribution in [0.1, 0.15) is 15.9 Å². The summed E-state index contributed by atoms with van der Waals surface area (Å²) >= 11 is 0. The summed E-state index contributed by atoms with van der Waals surface area (Å²) in [5.41, 5.74) is 1.89. The Labute approximate surface area is 177 Å². The number of anilines is 1. The van der Waals surface area contributed by atoms with Crippen LogP contribution in [0.15, 0.2) is 42.5 Å². The lowest BCUT2D eigenvalue weighted by atomic mass is 9.92. The van der Waals surface area contributed by atoms with Crippen LogP contribution in [-0.2, 0) is 11.2 Å². The number of hydrogen-bond acceptors (Lipinski definition) is 7. The minimum absolute atomic E-state index is 0.355. The van der Waals surface area contributed by atoms with Gasteiger partial charge in [0.2, 0.25) is 0 Å². The van der Waals surface area contributed by atoms with Crippen LogP contribution in [0.2, 0.25) is 0 Å². The molecule has 1 aliphatic heterocycles. The largest absolute Gasteiger partial charge is 0.493 e. The average Bonchev–Trinajstić information content (AvgIpc) is 2.75. The molecule has 7 heteroatoms. The number of hydrogen-bond donors (Lipinski definition) is 1. The predicted octanol–water partition coefficient (Wildman–Crippen LogP) is 2.22. The van der Waals surface area contributed by atoms with Crippen molar-refractivity contribution in [2.75, 3.05) is 59.5 Å². The van der Waals surface area contributed by atoms with Crippen LogP contribution < -0.4 is 14.4 Å². The fourth-order valence-corrected chi connectivity index (χ4v) is 3.87. The van der Waals surface area contributed by atoms with Crippen molar-refractivity contribution in [2.45, 2.75) is 12.0 Å². The fraction of sp³-hybridized carbons (Fsp3) is 0.435. The molecule has 0 aliphatic carbocycles. The quantitative estimate of drug-likeness (QED) is 0.631. The fourth-order valence-electron chi connectivity index (χ4n) is 3.87. The summed E-state index contributed by atoms with van der Waals surface area (Å²) in [5, 5.41) is 10.8. The lowest BCUT2D eigenvalue weighted by molar-refractivity contribution is -0.0896. The standard InChI is InChI=1S/C23H30N2O5/c1-24(19-8-6-18(7-9-19)22(26)30-4)14-23(27)15-25(16-23)12-11-17-5-10-20(28-2)21(13-17)29-3/h5-10,13,27H,11-12,14-16H2,1-4H3. The van der Waals surface area contributed by atoms with E-state index < -0.39 is 5.60 Å². The monoisotopic (exact) mass is 414 g/mol. The molecule has 162 valence electrons. The number of benzene rings is 2. The summed E-state index contributed by atoms with van der Waals surface area (Å²) < 4.78 is 15.4. The first-order valence-electron chi connectivity index (χ1n) is 9.92. The summed E-state index contributed by atoms with van der Waals surface area (Å²) in [5.74, 6) is 1.10. The molecule has 2 aromatic carbocycles. The van der Waals surface area contributed by atoms with E-state index in [1.165, 1.54) is 12.7 Å². The van der Waals surface area contributed by atoms with E-state index in [-0.39, 0.29) is 5.97 Å². The predicted molar refractivity (Wildman–Crippen MR) is 116 cm³/mol. The van der Waals surface area contributed by atoms with Crippen LogP contribution in [0.5, 0.6) is 11.5 Å². The second-order valence-electron chi connectivity index (χ2n) is 7.77. The van der Waals surface area contributed by atoms with Gasteiger partial charge in [-0.1, -0.05) is 6.07 Å². The average molecular weight is 415 g/mol. The van der Waals surface area contributed by atoms with Gasteiger partial charge in [0, 0.05) is 38.9 Å². The number of methoxy groups -OCH3 is 3. The second kappa shape index (κ2) is 9.36. The van der Waals surface area contributed by atoms with Crippen molar-refractivity contribution in [3.8, 4) is 11.5 Å². The van der Waals surface area contributed by atoms with Gasteiger partial charge in [-0.2, -0.15) is 0 Å². The Morgan fingerprint density at radius 3 is 2.33 bits per heavy atom. The van der Waals surface area contributed by atoms with Crippen molar-refractivity contribution in [3.05, 3.63) is 53.6 Å². The third-order valence-corrected chi connectivity index (χ3v) is 5.46. The number of β-amino-alcohol motifs (C(OH)–C–C–N with tert-alkyl or cyclic N) is 1. The van der Waals surface area contributed by atoms with Gasteiger partial charge in [0.25, 0.3) is 0 Å². The van der Waals surface area contributed by atoms with Crippen molar-refractivity contribution in [3.63, 3.8) is 0 Å². The van der Waals surface area contributed by atoms with E-state index >= 15 is 0 Å². The second-order valence-corrected chi connectivity index (χ2v) is 7.77. The van der Waals surface area contributed by atoms with E-state index in [0.717, 1.165) is 30.2 Å². The summed E-state index contributed by atoms with van der Waals surface area (Å²) in [4.78, 5) is 15.8. The lowest BCUT2D eigenvalue weighted by Gasteiger charge is -2.48. The van der Waals surface area contributed by atoms with Crippen molar-refractivity contribution < 1.29 is 24.1 Å². The van der Waals surface area contributed by atoms with Gasteiger partial charge in [0.15, 0.2) is 11.5 Å². The normalized spacial score (nSPS) is 15.2. The molecule has 0 spiro atoms. The molecular weight excluding hydrogens is 384 g/mol. The maximum Gasteiger partial charge on any atom is 0.337 e. The van der Waals surface area contributed by atoms with Gasteiger partial charge in [-0.3, -0.25) is 4.90 Å². The van der Waals surface area contributed by atoms with Crippen LogP contribution >= 0.6 is 0 Å². The number of likely N-dealkylation sites (N-methyl/N-ethyl adjacent to an activating group) is 1. The number of esters is 1. The zero-order chi connectivity index (χ0) is 21.7. The molecule has 30 heavy (non-hydrogen) atoms. The molecule has 7 nitrogen and oxygen atoms in total. The highest BCUT2D eigenvalue weighted by molar-refractivity contribution is 5.89. The van der Waals surface area contributed by atoms with Gasteiger partial charge in [-0.25, -0.2) is 4.79 Å². The molecule has 2 aromatic rings. The number of aliphatic hydroxyl groups is 1. The smallest absolute Gasteiger partial charge is 0.337 e. The van der Waals surface area contributed by atoms with Gasteiger partial charge in [-0.15, -0.1) is 0 Å². The summed E-state index contributed by atoms with van der Waals surface area (Å²) in [6, 6.07) is 13.2. The molecule has 1 aliphatic rings. The Bertz CT molecular complexity index is 862. The topological polar surface area (TPSA) is 71.5 Å². The first kappa shape index (κ1) is 21.9. The van der Waals surface area contributed by atoms with Crippen LogP contribution in [0, 0.1) is 0 Å². The molecule has 1 saturated heterocycles. The van der Waals surface area contributed by atoms with Crippen LogP contribution in [0.4, 0.5) is 5.69 Å². The first-order chi connectivity index (χ1) is 14.4. The van der Waals surface area contributed by atoms with Crippen LogP contribution in [0.3, 0.4) is 0 Å². The molecule has 0 bridgehead atoms. The van der Waals surface area contributed by atoms with Crippen molar-refractivity contribution in [1.29, 1.82) is 0 Å². The van der Waals surface area contributed by atoms with E-state index in [1.807, 2.05) is 42.3 Å². The Kier molecular flexibility index (Phi) is 6.84. The molecule has 1 heterocycles. The first-order valence-corrected chi connectivity index (χ1v) is 9.92. The van der Waals surface area contributed by atoms with Gasteiger partial charge in [-0.05, 0) is 48.4 Å². The van der Waals surface area contributed by atoms with Gasteiger partial charge in [0.05, 0.1) is 26.9 Å². The van der Waals surface area contributed by atoms with Gasteiger partial charge >= 0.3 is 5.97 Å². The van der Waals surface area contributed by atoms with E-state index in [1.54, 1.807) is 26.4 Å². The van der Waals surface area contributed by atoms with Crippen LogP contribution in [0.25, 0.3) is 0 Å². The Hall–Kier alpha value is -2.77. The third-order valence-electron chi connectivity index (χ3n) is 5.46. The molecule has 0 amide bonds. The Balaban J connectivity index is 1.48. The molecule has 0 atom stereocenters. The van der Waals surface area contributed by atoms with E-state index in [9.17, 15) is 9.90 Å². The number of carbonyl (C=O) groups excluding carboxylic acids is 1. The number of likely N-dealkylation sites (tertiary alicyclic amines) is 1. The zero-order valence-corrected chi connectivity index (χ0v) is 18.1. The highest BCUT2D eigenvalue weighted by atomic mass is 16.5. The lowest BCUT2D eigenvalue weighted by Crippen LogP contribution is -2.66. The summed E-state index contributed by atoms with van der Waals surface area (Å²) in [7, 11) is 6.57.